The van der Waals surface area contributed by atoms with Crippen molar-refractivity contribution in [1.82, 2.24) is 4.98 Å². The molecule has 0 bridgehead atoms. The molecule has 26 heavy (non-hydrogen) atoms. The first-order chi connectivity index (χ1) is 12.3. The van der Waals surface area contributed by atoms with E-state index in [1.165, 1.54) is 13.0 Å². The topological polar surface area (TPSA) is 86.8 Å². The van der Waals surface area contributed by atoms with Gasteiger partial charge < -0.3 is 4.74 Å². The Labute approximate surface area is 147 Å². The average Bonchev–Trinajstić information content (AvgIpc) is 2.62. The van der Waals surface area contributed by atoms with Gasteiger partial charge in [0, 0.05) is 6.20 Å². The van der Waals surface area contributed by atoms with Gasteiger partial charge in [-0.1, -0.05) is 6.07 Å². The summed E-state index contributed by atoms with van der Waals surface area (Å²) in [4.78, 5) is 16.0. The van der Waals surface area contributed by atoms with Crippen LogP contribution in [0.1, 0.15) is 29.7 Å². The van der Waals surface area contributed by atoms with Crippen molar-refractivity contribution in [2.45, 2.75) is 25.1 Å². The van der Waals surface area contributed by atoms with Crippen molar-refractivity contribution < 1.29 is 22.7 Å². The molecule has 0 fully saturated rings. The van der Waals surface area contributed by atoms with Crippen molar-refractivity contribution in [2.75, 3.05) is 0 Å². The molecule has 2 unspecified atom stereocenters. The van der Waals surface area contributed by atoms with Crippen molar-refractivity contribution in [1.29, 1.82) is 10.5 Å². The molecule has 0 aliphatic heterocycles. The van der Waals surface area contributed by atoms with E-state index in [1.54, 1.807) is 24.3 Å². The second kappa shape index (κ2) is 7.66. The van der Waals surface area contributed by atoms with Crippen LogP contribution in [0.3, 0.4) is 0 Å². The highest BCUT2D eigenvalue weighted by Crippen LogP contribution is 2.29. The van der Waals surface area contributed by atoms with Crippen LogP contribution < -0.4 is 4.74 Å². The molecule has 0 saturated heterocycles. The van der Waals surface area contributed by atoms with E-state index in [1.807, 2.05) is 6.07 Å². The standard InChI is InChI=1S/C18H12F3N3O2/c1-11(26-14-4-2-3-12(7-14)8-22)17(25)15(9-23)16-6-5-13(10-24-16)18(19,20)21/h2-7,10-11,15H,1H3. The van der Waals surface area contributed by atoms with Gasteiger partial charge in [-0.2, -0.15) is 23.7 Å². The van der Waals surface area contributed by atoms with Gasteiger partial charge in [-0.25, -0.2) is 0 Å². The molecule has 0 N–H and O–H groups in total. The summed E-state index contributed by atoms with van der Waals surface area (Å²) in [6.45, 7) is 1.41. The number of halogens is 3. The molecule has 2 rings (SSSR count). The van der Waals surface area contributed by atoms with E-state index in [-0.39, 0.29) is 11.4 Å². The van der Waals surface area contributed by atoms with Crippen molar-refractivity contribution in [3.63, 3.8) is 0 Å². The van der Waals surface area contributed by atoms with Gasteiger partial charge in [0.15, 0.2) is 17.8 Å². The first kappa shape index (κ1) is 18.9. The number of benzene rings is 1. The Morgan fingerprint density at radius 3 is 2.50 bits per heavy atom. The van der Waals surface area contributed by atoms with Gasteiger partial charge in [-0.15, -0.1) is 0 Å². The maximum absolute atomic E-state index is 12.6. The van der Waals surface area contributed by atoms with Crippen LogP contribution in [0.2, 0.25) is 0 Å². The molecule has 5 nitrogen and oxygen atoms in total. The molecule has 0 spiro atoms. The Balaban J connectivity index is 2.17. The number of pyridine rings is 1. The Bertz CT molecular complexity index is 880. The Kier molecular flexibility index (Phi) is 5.58. The van der Waals surface area contributed by atoms with Gasteiger partial charge in [-0.3, -0.25) is 9.78 Å². The summed E-state index contributed by atoms with van der Waals surface area (Å²) >= 11 is 0. The molecule has 0 aliphatic carbocycles. The maximum atomic E-state index is 12.6. The van der Waals surface area contributed by atoms with Crippen LogP contribution in [0.4, 0.5) is 13.2 Å². The van der Waals surface area contributed by atoms with Crippen LogP contribution in [-0.2, 0) is 11.0 Å². The number of nitriles is 2. The van der Waals surface area contributed by atoms with Crippen molar-refractivity contribution in [3.05, 3.63) is 59.4 Å². The number of carbonyl (C=O) groups is 1. The minimum atomic E-state index is -4.56. The summed E-state index contributed by atoms with van der Waals surface area (Å²) in [6.07, 6.45) is -5.04. The van der Waals surface area contributed by atoms with Crippen LogP contribution in [-0.4, -0.2) is 16.9 Å². The lowest BCUT2D eigenvalue weighted by molar-refractivity contribution is -0.137. The normalized spacial score (nSPS) is 13.2. The van der Waals surface area contributed by atoms with E-state index < -0.39 is 29.5 Å². The lowest BCUT2D eigenvalue weighted by Crippen LogP contribution is -2.29. The fraction of sp³-hybridized carbons (Fsp3) is 0.222. The molecule has 1 aromatic heterocycles. The lowest BCUT2D eigenvalue weighted by atomic mass is 9.97. The summed E-state index contributed by atoms with van der Waals surface area (Å²) in [5.74, 6) is -1.75. The highest BCUT2D eigenvalue weighted by Gasteiger charge is 2.32. The van der Waals surface area contributed by atoms with Crippen LogP contribution in [0, 0.1) is 22.7 Å². The minimum Gasteiger partial charge on any atom is -0.483 e. The number of hydrogen-bond donors (Lipinski definition) is 0. The van der Waals surface area contributed by atoms with E-state index in [4.69, 9.17) is 10.00 Å². The van der Waals surface area contributed by atoms with Crippen molar-refractivity contribution in [2.24, 2.45) is 0 Å². The first-order valence-corrected chi connectivity index (χ1v) is 7.39. The van der Waals surface area contributed by atoms with Gasteiger partial charge in [0.05, 0.1) is 29.0 Å². The largest absolute Gasteiger partial charge is 0.483 e. The summed E-state index contributed by atoms with van der Waals surface area (Å²) in [5.41, 5.74) is -0.724. The molecule has 0 amide bonds. The molecule has 2 atom stereocenters. The predicted octanol–water partition coefficient (Wildman–Crippen LogP) is 3.62. The summed E-state index contributed by atoms with van der Waals surface area (Å²) < 4.78 is 43.2. The Hall–Kier alpha value is -3.39. The number of ketones is 1. The van der Waals surface area contributed by atoms with E-state index in [2.05, 4.69) is 4.98 Å². The second-order valence-corrected chi connectivity index (χ2v) is 5.33. The van der Waals surface area contributed by atoms with Crippen LogP contribution in [0.5, 0.6) is 5.75 Å². The number of aromatic nitrogens is 1. The number of Topliss-reactive ketones (excluding diaryl/α,β-unsaturated/α-hetero) is 1. The van der Waals surface area contributed by atoms with E-state index in [9.17, 15) is 23.2 Å². The zero-order valence-electron chi connectivity index (χ0n) is 13.5. The molecule has 0 radical (unpaired) electrons. The quantitative estimate of drug-likeness (QED) is 0.814. The van der Waals surface area contributed by atoms with Gasteiger partial charge >= 0.3 is 6.18 Å². The molecule has 0 aliphatic rings. The number of alkyl halides is 3. The molecule has 1 heterocycles. The number of nitrogens with zero attached hydrogens (tertiary/aromatic N) is 3. The van der Waals surface area contributed by atoms with Gasteiger partial charge in [0.1, 0.15) is 5.75 Å². The Morgan fingerprint density at radius 2 is 1.96 bits per heavy atom. The fourth-order valence-corrected chi connectivity index (χ4v) is 2.16. The zero-order valence-corrected chi connectivity index (χ0v) is 13.5. The first-order valence-electron chi connectivity index (χ1n) is 7.39. The third-order valence-electron chi connectivity index (χ3n) is 3.50. The minimum absolute atomic E-state index is 0.0910. The summed E-state index contributed by atoms with van der Waals surface area (Å²) in [7, 11) is 0. The van der Waals surface area contributed by atoms with Crippen LogP contribution in [0.25, 0.3) is 0 Å². The SMILES string of the molecule is CC(Oc1cccc(C#N)c1)C(=O)C(C#N)c1ccc(C(F)(F)F)cn1. The third-order valence-corrected chi connectivity index (χ3v) is 3.50. The predicted molar refractivity (Wildman–Crippen MR) is 83.8 cm³/mol. The van der Waals surface area contributed by atoms with Crippen LogP contribution in [0.15, 0.2) is 42.6 Å². The smallest absolute Gasteiger partial charge is 0.417 e. The van der Waals surface area contributed by atoms with E-state index >= 15 is 0 Å². The third kappa shape index (κ3) is 4.37. The van der Waals surface area contributed by atoms with Gasteiger partial charge in [-0.05, 0) is 37.3 Å². The molecule has 132 valence electrons. The lowest BCUT2D eigenvalue weighted by Gasteiger charge is -2.17. The van der Waals surface area contributed by atoms with Gasteiger partial charge in [0.25, 0.3) is 0 Å². The summed E-state index contributed by atoms with van der Waals surface area (Å²) in [5, 5.41) is 18.1. The molecular weight excluding hydrogens is 347 g/mol. The average molecular weight is 359 g/mol. The molecule has 8 heteroatoms. The van der Waals surface area contributed by atoms with E-state index in [0.29, 0.717) is 11.8 Å². The number of rotatable bonds is 5. The maximum Gasteiger partial charge on any atom is 0.417 e. The highest BCUT2D eigenvalue weighted by atomic mass is 19.4. The van der Waals surface area contributed by atoms with Crippen molar-refractivity contribution in [3.8, 4) is 17.9 Å². The number of hydrogen-bond acceptors (Lipinski definition) is 5. The summed E-state index contributed by atoms with van der Waals surface area (Å²) in [6, 6.07) is 11.5. The molecule has 2 aromatic rings. The number of carbonyl (C=O) groups excluding carboxylic acids is 1. The fourth-order valence-electron chi connectivity index (χ4n) is 2.16. The molecular formula is C18H12F3N3O2. The zero-order chi connectivity index (χ0) is 19.3. The van der Waals surface area contributed by atoms with Gasteiger partial charge in [0.2, 0.25) is 0 Å². The second-order valence-electron chi connectivity index (χ2n) is 5.33. The molecule has 1 aromatic carbocycles. The number of ether oxygens (including phenoxy) is 1. The van der Waals surface area contributed by atoms with Crippen LogP contribution >= 0.6 is 0 Å². The monoisotopic (exact) mass is 359 g/mol. The van der Waals surface area contributed by atoms with E-state index in [0.717, 1.165) is 12.1 Å². The van der Waals surface area contributed by atoms with Crippen molar-refractivity contribution >= 4 is 5.78 Å². The Morgan fingerprint density at radius 1 is 1.23 bits per heavy atom. The molecule has 0 saturated carbocycles. The highest BCUT2D eigenvalue weighted by molar-refractivity contribution is 5.91.